The minimum atomic E-state index is 0.428. The highest BCUT2D eigenvalue weighted by atomic mass is 15.4. The minimum absolute atomic E-state index is 0.428. The first-order chi connectivity index (χ1) is 17.3. The molecule has 3 aromatic rings. The molecule has 4 heterocycles. The lowest BCUT2D eigenvalue weighted by atomic mass is 10.1. The average molecular weight is 479 g/mol. The molecule has 0 atom stereocenters. The van der Waals surface area contributed by atoms with Gasteiger partial charge in [0.1, 0.15) is 11.5 Å². The Bertz CT molecular complexity index is 1060. The fourth-order valence-electron chi connectivity index (χ4n) is 4.86. The quantitative estimate of drug-likeness (QED) is 0.291. The van der Waals surface area contributed by atoms with Crippen molar-refractivity contribution in [1.82, 2.24) is 40.5 Å². The van der Waals surface area contributed by atoms with E-state index >= 15 is 0 Å². The van der Waals surface area contributed by atoms with Crippen molar-refractivity contribution < 1.29 is 0 Å². The first kappa shape index (κ1) is 23.9. The molecule has 35 heavy (non-hydrogen) atoms. The molecule has 2 saturated heterocycles. The fourth-order valence-corrected chi connectivity index (χ4v) is 4.86. The predicted octanol–water partition coefficient (Wildman–Crippen LogP) is 2.07. The van der Waals surface area contributed by atoms with E-state index in [1.807, 2.05) is 29.1 Å². The SMILES string of the molecule is c1ccc2c(NC3CCNCC3)nc(NCc3cn(CCCNCCN4CCCC4)nn3)nc2c1. The normalized spacial score (nSPS) is 17.3. The highest BCUT2D eigenvalue weighted by molar-refractivity contribution is 5.90. The molecular weight excluding hydrogens is 440 g/mol. The van der Waals surface area contributed by atoms with E-state index in [0.717, 1.165) is 80.9 Å². The standard InChI is InChI=1S/C25H38N10/c1-2-7-23-22(6-1)24(29-20-8-11-27-12-9-20)31-25(30-23)28-18-21-19-35(33-32-21)16-5-10-26-13-17-34-14-3-4-15-34/h1-2,6-7,19-20,26-27H,3-5,8-18H2,(H2,28,29,30,31). The van der Waals surface area contributed by atoms with E-state index in [1.54, 1.807) is 0 Å². The van der Waals surface area contributed by atoms with Crippen LogP contribution in [0, 0.1) is 0 Å². The van der Waals surface area contributed by atoms with Crippen LogP contribution in [0.5, 0.6) is 0 Å². The number of benzene rings is 1. The van der Waals surface area contributed by atoms with E-state index in [4.69, 9.17) is 9.97 Å². The number of rotatable bonds is 12. The van der Waals surface area contributed by atoms with E-state index < -0.39 is 0 Å². The van der Waals surface area contributed by atoms with E-state index in [0.29, 0.717) is 18.5 Å². The Balaban J connectivity index is 1.10. The second kappa shape index (κ2) is 12.2. The van der Waals surface area contributed by atoms with Gasteiger partial charge in [-0.1, -0.05) is 17.3 Å². The van der Waals surface area contributed by atoms with Gasteiger partial charge in [0.25, 0.3) is 0 Å². The zero-order valence-corrected chi connectivity index (χ0v) is 20.5. The highest BCUT2D eigenvalue weighted by Crippen LogP contribution is 2.24. The smallest absolute Gasteiger partial charge is 0.225 e. The third-order valence-corrected chi connectivity index (χ3v) is 6.84. The fraction of sp³-hybridized carbons (Fsp3) is 0.600. The number of aromatic nitrogens is 5. The number of hydrogen-bond donors (Lipinski definition) is 4. The average Bonchev–Trinajstić information content (AvgIpc) is 3.58. The second-order valence-electron chi connectivity index (χ2n) is 9.56. The number of para-hydroxylation sites is 1. The van der Waals surface area contributed by atoms with Gasteiger partial charge >= 0.3 is 0 Å². The summed E-state index contributed by atoms with van der Waals surface area (Å²) in [4.78, 5) is 12.1. The largest absolute Gasteiger partial charge is 0.367 e. The van der Waals surface area contributed by atoms with Gasteiger partial charge < -0.3 is 26.2 Å². The summed E-state index contributed by atoms with van der Waals surface area (Å²) in [6.45, 7) is 9.22. The van der Waals surface area contributed by atoms with Crippen LogP contribution in [-0.4, -0.2) is 81.7 Å². The molecule has 0 spiro atoms. The van der Waals surface area contributed by atoms with Gasteiger partial charge in [0, 0.05) is 31.1 Å². The van der Waals surface area contributed by atoms with Crippen LogP contribution in [0.15, 0.2) is 30.5 Å². The van der Waals surface area contributed by atoms with Crippen molar-refractivity contribution in [3.05, 3.63) is 36.2 Å². The number of nitrogens with zero attached hydrogens (tertiary/aromatic N) is 6. The molecule has 2 fully saturated rings. The third kappa shape index (κ3) is 6.87. The summed E-state index contributed by atoms with van der Waals surface area (Å²) >= 11 is 0. The van der Waals surface area contributed by atoms with Crippen LogP contribution in [0.1, 0.15) is 37.8 Å². The minimum Gasteiger partial charge on any atom is -0.367 e. The van der Waals surface area contributed by atoms with E-state index in [-0.39, 0.29) is 0 Å². The molecular formula is C25H38N10. The third-order valence-electron chi connectivity index (χ3n) is 6.84. The molecule has 2 aliphatic rings. The molecule has 0 amide bonds. The Kier molecular flexibility index (Phi) is 8.35. The van der Waals surface area contributed by atoms with Gasteiger partial charge in [-0.25, -0.2) is 4.98 Å². The topological polar surface area (TPSA) is 108 Å². The molecule has 5 rings (SSSR count). The van der Waals surface area contributed by atoms with Gasteiger partial charge in [0.2, 0.25) is 5.95 Å². The van der Waals surface area contributed by atoms with Crippen LogP contribution in [0.3, 0.4) is 0 Å². The van der Waals surface area contributed by atoms with Crippen molar-refractivity contribution >= 4 is 22.7 Å². The molecule has 2 aliphatic heterocycles. The summed E-state index contributed by atoms with van der Waals surface area (Å²) in [5, 5.41) is 23.6. The van der Waals surface area contributed by atoms with Crippen molar-refractivity contribution in [2.24, 2.45) is 0 Å². The molecule has 0 aliphatic carbocycles. The van der Waals surface area contributed by atoms with Gasteiger partial charge in [-0.2, -0.15) is 4.98 Å². The molecule has 1 aromatic carbocycles. The summed E-state index contributed by atoms with van der Waals surface area (Å²) in [6.07, 6.45) is 7.94. The number of anilines is 2. The summed E-state index contributed by atoms with van der Waals surface area (Å²) in [5.74, 6) is 1.50. The summed E-state index contributed by atoms with van der Waals surface area (Å²) in [5.41, 5.74) is 1.82. The number of likely N-dealkylation sites (tertiary alicyclic amines) is 1. The van der Waals surface area contributed by atoms with Gasteiger partial charge in [-0.15, -0.1) is 5.10 Å². The number of fused-ring (bicyclic) bond motifs is 1. The van der Waals surface area contributed by atoms with E-state index in [2.05, 4.69) is 42.5 Å². The Morgan fingerprint density at radius 1 is 1.00 bits per heavy atom. The Morgan fingerprint density at radius 3 is 2.74 bits per heavy atom. The first-order valence-corrected chi connectivity index (χ1v) is 13.1. The van der Waals surface area contributed by atoms with Gasteiger partial charge in [-0.05, 0) is 77.0 Å². The second-order valence-corrected chi connectivity index (χ2v) is 9.56. The molecule has 188 valence electrons. The van der Waals surface area contributed by atoms with Crippen molar-refractivity contribution in [3.63, 3.8) is 0 Å². The Morgan fingerprint density at radius 2 is 1.86 bits per heavy atom. The molecule has 4 N–H and O–H groups in total. The maximum atomic E-state index is 4.80. The Hall–Kier alpha value is -2.82. The Labute approximate surface area is 207 Å². The predicted molar refractivity (Wildman–Crippen MR) is 140 cm³/mol. The summed E-state index contributed by atoms with van der Waals surface area (Å²) in [6, 6.07) is 8.59. The van der Waals surface area contributed by atoms with Crippen molar-refractivity contribution in [2.45, 2.75) is 51.2 Å². The summed E-state index contributed by atoms with van der Waals surface area (Å²) < 4.78 is 1.92. The van der Waals surface area contributed by atoms with Crippen LogP contribution >= 0.6 is 0 Å². The lowest BCUT2D eigenvalue weighted by molar-refractivity contribution is 0.335. The van der Waals surface area contributed by atoms with E-state index in [9.17, 15) is 0 Å². The van der Waals surface area contributed by atoms with E-state index in [1.165, 1.54) is 25.9 Å². The number of hydrogen-bond acceptors (Lipinski definition) is 9. The van der Waals surface area contributed by atoms with Crippen molar-refractivity contribution in [3.8, 4) is 0 Å². The zero-order chi connectivity index (χ0) is 23.7. The number of aryl methyl sites for hydroxylation is 1. The van der Waals surface area contributed by atoms with Crippen LogP contribution in [0.2, 0.25) is 0 Å². The van der Waals surface area contributed by atoms with Gasteiger partial charge in [-0.3, -0.25) is 4.68 Å². The van der Waals surface area contributed by atoms with Gasteiger partial charge in [0.15, 0.2) is 0 Å². The number of piperidine rings is 1. The zero-order valence-electron chi connectivity index (χ0n) is 20.5. The molecule has 2 aromatic heterocycles. The van der Waals surface area contributed by atoms with Crippen LogP contribution < -0.4 is 21.3 Å². The molecule has 0 unspecified atom stereocenters. The molecule has 0 saturated carbocycles. The first-order valence-electron chi connectivity index (χ1n) is 13.1. The van der Waals surface area contributed by atoms with Crippen LogP contribution in [-0.2, 0) is 13.1 Å². The van der Waals surface area contributed by atoms with Gasteiger partial charge in [0.05, 0.1) is 18.3 Å². The highest BCUT2D eigenvalue weighted by Gasteiger charge is 2.16. The maximum Gasteiger partial charge on any atom is 0.225 e. The monoisotopic (exact) mass is 478 g/mol. The van der Waals surface area contributed by atoms with Crippen molar-refractivity contribution in [2.75, 3.05) is 56.4 Å². The maximum absolute atomic E-state index is 4.80. The molecule has 0 radical (unpaired) electrons. The lowest BCUT2D eigenvalue weighted by Gasteiger charge is -2.25. The lowest BCUT2D eigenvalue weighted by Crippen LogP contribution is -2.35. The van der Waals surface area contributed by atoms with Crippen LogP contribution in [0.4, 0.5) is 11.8 Å². The van der Waals surface area contributed by atoms with Crippen molar-refractivity contribution in [1.29, 1.82) is 0 Å². The molecule has 0 bridgehead atoms. The summed E-state index contributed by atoms with van der Waals surface area (Å²) in [7, 11) is 0. The number of nitrogens with one attached hydrogen (secondary N) is 4. The molecule has 10 heteroatoms. The molecule has 10 nitrogen and oxygen atoms in total. The van der Waals surface area contributed by atoms with Crippen LogP contribution in [0.25, 0.3) is 10.9 Å².